The summed E-state index contributed by atoms with van der Waals surface area (Å²) in [7, 11) is 1.87. The van der Waals surface area contributed by atoms with Gasteiger partial charge in [-0.1, -0.05) is 20.3 Å². The van der Waals surface area contributed by atoms with Gasteiger partial charge in [0.15, 0.2) is 0 Å². The van der Waals surface area contributed by atoms with Crippen molar-refractivity contribution in [1.29, 1.82) is 0 Å². The van der Waals surface area contributed by atoms with Gasteiger partial charge in [0, 0.05) is 23.1 Å². The maximum Gasteiger partial charge on any atom is 0.224 e. The van der Waals surface area contributed by atoms with Crippen LogP contribution in [-0.2, 0) is 0 Å². The third-order valence-electron chi connectivity index (χ3n) is 2.91. The van der Waals surface area contributed by atoms with Gasteiger partial charge in [-0.3, -0.25) is 0 Å². The van der Waals surface area contributed by atoms with Crippen molar-refractivity contribution < 1.29 is 0 Å². The van der Waals surface area contributed by atoms with Crippen molar-refractivity contribution in [3.63, 3.8) is 0 Å². The van der Waals surface area contributed by atoms with E-state index in [1.54, 1.807) is 11.3 Å². The van der Waals surface area contributed by atoms with Crippen LogP contribution in [0.1, 0.15) is 25.1 Å². The molecule has 0 aliphatic heterocycles. The number of aromatic nitrogens is 2. The SMILES string of the molecule is CCC(C)CSc1nc(NC)nc2sc(C)cc12. The lowest BCUT2D eigenvalue weighted by Crippen LogP contribution is -1.99. The summed E-state index contributed by atoms with van der Waals surface area (Å²) in [6.07, 6.45) is 1.21. The van der Waals surface area contributed by atoms with Crippen molar-refractivity contribution in [1.82, 2.24) is 9.97 Å². The number of hydrogen-bond donors (Lipinski definition) is 1. The molecule has 1 unspecified atom stereocenters. The standard InChI is InChI=1S/C13H19N3S2/c1-5-8(2)7-17-11-10-6-9(3)18-12(10)16-13(14-4)15-11/h6,8H,5,7H2,1-4H3,(H,14,15,16). The quantitative estimate of drug-likeness (QED) is 0.659. The summed E-state index contributed by atoms with van der Waals surface area (Å²) in [5, 5.41) is 5.35. The summed E-state index contributed by atoms with van der Waals surface area (Å²) < 4.78 is 0. The molecular formula is C13H19N3S2. The molecule has 0 spiro atoms. The van der Waals surface area contributed by atoms with E-state index < -0.39 is 0 Å². The van der Waals surface area contributed by atoms with Gasteiger partial charge in [0.1, 0.15) is 9.86 Å². The number of fused-ring (bicyclic) bond motifs is 1. The van der Waals surface area contributed by atoms with Crippen molar-refractivity contribution in [2.75, 3.05) is 18.1 Å². The molecule has 0 aromatic carbocycles. The number of anilines is 1. The number of thioether (sulfide) groups is 1. The van der Waals surface area contributed by atoms with E-state index >= 15 is 0 Å². The lowest BCUT2D eigenvalue weighted by molar-refractivity contribution is 0.636. The molecular weight excluding hydrogens is 262 g/mol. The van der Waals surface area contributed by atoms with Crippen LogP contribution in [0.25, 0.3) is 10.2 Å². The Kier molecular flexibility index (Phi) is 4.45. The zero-order valence-corrected chi connectivity index (χ0v) is 12.9. The molecule has 0 fully saturated rings. The molecule has 0 amide bonds. The molecule has 1 atom stereocenters. The van der Waals surface area contributed by atoms with Crippen molar-refractivity contribution in [3.05, 3.63) is 10.9 Å². The van der Waals surface area contributed by atoms with E-state index in [0.29, 0.717) is 0 Å². The third kappa shape index (κ3) is 2.95. The lowest BCUT2D eigenvalue weighted by Gasteiger charge is -2.08. The molecule has 2 aromatic rings. The number of nitrogens with zero attached hydrogens (tertiary/aromatic N) is 2. The lowest BCUT2D eigenvalue weighted by atomic mass is 10.2. The van der Waals surface area contributed by atoms with Gasteiger partial charge >= 0.3 is 0 Å². The fourth-order valence-electron chi connectivity index (χ4n) is 1.58. The molecule has 1 N–H and O–H groups in total. The molecule has 0 radical (unpaired) electrons. The first kappa shape index (κ1) is 13.6. The Bertz CT molecular complexity index is 536. The van der Waals surface area contributed by atoms with E-state index in [1.807, 2.05) is 18.8 Å². The van der Waals surface area contributed by atoms with E-state index in [0.717, 1.165) is 27.5 Å². The molecule has 5 heteroatoms. The number of thiophene rings is 1. The largest absolute Gasteiger partial charge is 0.357 e. The van der Waals surface area contributed by atoms with Gasteiger partial charge in [-0.05, 0) is 18.9 Å². The van der Waals surface area contributed by atoms with Crippen molar-refractivity contribution in [2.45, 2.75) is 32.2 Å². The minimum Gasteiger partial charge on any atom is -0.357 e. The average molecular weight is 281 g/mol. The molecule has 0 saturated carbocycles. The van der Waals surface area contributed by atoms with Crippen LogP contribution in [0, 0.1) is 12.8 Å². The predicted molar refractivity (Wildman–Crippen MR) is 81.9 cm³/mol. The molecule has 2 heterocycles. The van der Waals surface area contributed by atoms with Crippen LogP contribution < -0.4 is 5.32 Å². The van der Waals surface area contributed by atoms with Gasteiger partial charge in [0.05, 0.1) is 0 Å². The highest BCUT2D eigenvalue weighted by Gasteiger charge is 2.11. The molecule has 2 aromatic heterocycles. The molecule has 18 heavy (non-hydrogen) atoms. The van der Waals surface area contributed by atoms with Gasteiger partial charge in [-0.2, -0.15) is 0 Å². The highest BCUT2D eigenvalue weighted by Crippen LogP contribution is 2.33. The Morgan fingerprint density at radius 1 is 1.44 bits per heavy atom. The fourth-order valence-corrected chi connectivity index (χ4v) is 3.66. The first-order valence-electron chi connectivity index (χ1n) is 6.22. The maximum absolute atomic E-state index is 4.59. The van der Waals surface area contributed by atoms with Crippen LogP contribution in [0.4, 0.5) is 5.95 Å². The Hall–Kier alpha value is -0.810. The van der Waals surface area contributed by atoms with E-state index in [4.69, 9.17) is 0 Å². The van der Waals surface area contributed by atoms with Crippen LogP contribution in [0.2, 0.25) is 0 Å². The smallest absolute Gasteiger partial charge is 0.224 e. The topological polar surface area (TPSA) is 37.8 Å². The van der Waals surface area contributed by atoms with E-state index in [-0.39, 0.29) is 0 Å². The fraction of sp³-hybridized carbons (Fsp3) is 0.538. The Labute approximate surface area is 116 Å². The van der Waals surface area contributed by atoms with Crippen LogP contribution >= 0.6 is 23.1 Å². The molecule has 0 saturated heterocycles. The second kappa shape index (κ2) is 5.89. The normalized spacial score (nSPS) is 12.9. The second-order valence-electron chi connectivity index (χ2n) is 4.50. The van der Waals surface area contributed by atoms with Crippen LogP contribution in [-0.4, -0.2) is 22.8 Å². The highest BCUT2D eigenvalue weighted by molar-refractivity contribution is 7.99. The maximum atomic E-state index is 4.59. The van der Waals surface area contributed by atoms with Crippen molar-refractivity contribution >= 4 is 39.3 Å². The van der Waals surface area contributed by atoms with Gasteiger partial charge < -0.3 is 5.32 Å². The summed E-state index contributed by atoms with van der Waals surface area (Å²) in [6.45, 7) is 6.63. The Morgan fingerprint density at radius 3 is 2.89 bits per heavy atom. The van der Waals surface area contributed by atoms with Gasteiger partial charge in [0.2, 0.25) is 5.95 Å². The molecule has 0 aliphatic rings. The molecule has 0 bridgehead atoms. The predicted octanol–water partition coefficient (Wildman–Crippen LogP) is 4.18. The highest BCUT2D eigenvalue weighted by atomic mass is 32.2. The zero-order valence-electron chi connectivity index (χ0n) is 11.3. The minimum atomic E-state index is 0.719. The first-order valence-corrected chi connectivity index (χ1v) is 8.03. The van der Waals surface area contributed by atoms with Gasteiger partial charge in [0.25, 0.3) is 0 Å². The van der Waals surface area contributed by atoms with Gasteiger partial charge in [-0.15, -0.1) is 23.1 Å². The van der Waals surface area contributed by atoms with Gasteiger partial charge in [-0.25, -0.2) is 9.97 Å². The summed E-state index contributed by atoms with van der Waals surface area (Å²) in [6, 6.07) is 2.19. The summed E-state index contributed by atoms with van der Waals surface area (Å²) in [5.41, 5.74) is 0. The van der Waals surface area contributed by atoms with Crippen molar-refractivity contribution in [3.8, 4) is 0 Å². The summed E-state index contributed by atoms with van der Waals surface area (Å²) in [5.74, 6) is 2.55. The number of aryl methyl sites for hydroxylation is 1. The average Bonchev–Trinajstić information content (AvgIpc) is 2.75. The van der Waals surface area contributed by atoms with Crippen LogP contribution in [0.3, 0.4) is 0 Å². The van der Waals surface area contributed by atoms with E-state index in [1.165, 1.54) is 16.7 Å². The molecule has 98 valence electrons. The number of hydrogen-bond acceptors (Lipinski definition) is 5. The Balaban J connectivity index is 2.34. The summed E-state index contributed by atoms with van der Waals surface area (Å²) >= 11 is 3.57. The summed E-state index contributed by atoms with van der Waals surface area (Å²) in [4.78, 5) is 11.5. The Morgan fingerprint density at radius 2 is 2.22 bits per heavy atom. The second-order valence-corrected chi connectivity index (χ2v) is 6.75. The third-order valence-corrected chi connectivity index (χ3v) is 5.17. The van der Waals surface area contributed by atoms with Crippen LogP contribution in [0.5, 0.6) is 0 Å². The molecule has 0 aliphatic carbocycles. The molecule has 2 rings (SSSR count). The van der Waals surface area contributed by atoms with Crippen molar-refractivity contribution in [2.24, 2.45) is 5.92 Å². The molecule has 3 nitrogen and oxygen atoms in total. The number of rotatable bonds is 5. The van der Waals surface area contributed by atoms with E-state index in [2.05, 4.69) is 42.1 Å². The van der Waals surface area contributed by atoms with Crippen LogP contribution in [0.15, 0.2) is 11.1 Å². The monoisotopic (exact) mass is 281 g/mol. The first-order chi connectivity index (χ1) is 8.63. The zero-order chi connectivity index (χ0) is 13.1. The minimum absolute atomic E-state index is 0.719. The number of nitrogens with one attached hydrogen (secondary N) is 1. The van der Waals surface area contributed by atoms with E-state index in [9.17, 15) is 0 Å².